The van der Waals surface area contributed by atoms with E-state index in [0.29, 0.717) is 6.61 Å². The van der Waals surface area contributed by atoms with Crippen LogP contribution in [0.5, 0.6) is 0 Å². The molecule has 2 heterocycles. The maximum atomic E-state index is 6.13. The SMILES string of the molecule is Nc1c2c(nn1-c1ccc(Br)cc1)COCC2. The fraction of sp³-hybridized carbons (Fsp3) is 0.250. The van der Waals surface area contributed by atoms with Gasteiger partial charge in [0.25, 0.3) is 0 Å². The van der Waals surface area contributed by atoms with Gasteiger partial charge in [-0.05, 0) is 24.3 Å². The molecule has 1 aromatic carbocycles. The van der Waals surface area contributed by atoms with E-state index in [0.717, 1.165) is 40.3 Å². The lowest BCUT2D eigenvalue weighted by atomic mass is 10.1. The Hall–Kier alpha value is -1.33. The monoisotopic (exact) mass is 293 g/mol. The lowest BCUT2D eigenvalue weighted by Crippen LogP contribution is -2.09. The highest BCUT2D eigenvalue weighted by molar-refractivity contribution is 9.10. The third-order valence-electron chi connectivity index (χ3n) is 2.91. The van der Waals surface area contributed by atoms with Gasteiger partial charge in [-0.25, -0.2) is 4.68 Å². The molecule has 5 heteroatoms. The van der Waals surface area contributed by atoms with Gasteiger partial charge in [0.05, 0.1) is 24.6 Å². The second kappa shape index (κ2) is 4.16. The van der Waals surface area contributed by atoms with E-state index in [9.17, 15) is 0 Å². The molecule has 0 amide bonds. The first-order valence-corrected chi connectivity index (χ1v) is 6.25. The van der Waals surface area contributed by atoms with Crippen molar-refractivity contribution >= 4 is 21.7 Å². The van der Waals surface area contributed by atoms with Crippen molar-refractivity contribution in [2.75, 3.05) is 12.3 Å². The number of benzene rings is 1. The Morgan fingerprint density at radius 1 is 1.29 bits per heavy atom. The van der Waals surface area contributed by atoms with Gasteiger partial charge in [-0.2, -0.15) is 5.10 Å². The van der Waals surface area contributed by atoms with E-state index in [1.54, 1.807) is 4.68 Å². The van der Waals surface area contributed by atoms with E-state index in [-0.39, 0.29) is 0 Å². The van der Waals surface area contributed by atoms with Crippen molar-refractivity contribution in [3.63, 3.8) is 0 Å². The molecule has 0 unspecified atom stereocenters. The van der Waals surface area contributed by atoms with Crippen LogP contribution in [0.3, 0.4) is 0 Å². The highest BCUT2D eigenvalue weighted by Crippen LogP contribution is 2.25. The van der Waals surface area contributed by atoms with Gasteiger partial charge in [0, 0.05) is 16.5 Å². The van der Waals surface area contributed by atoms with Crippen molar-refractivity contribution in [1.82, 2.24) is 9.78 Å². The quantitative estimate of drug-likeness (QED) is 0.878. The summed E-state index contributed by atoms with van der Waals surface area (Å²) in [5.74, 6) is 0.727. The van der Waals surface area contributed by atoms with Crippen LogP contribution in [-0.4, -0.2) is 16.4 Å². The summed E-state index contributed by atoms with van der Waals surface area (Å²) in [5, 5.41) is 4.50. The number of rotatable bonds is 1. The average molecular weight is 294 g/mol. The fourth-order valence-corrected chi connectivity index (χ4v) is 2.29. The molecular weight excluding hydrogens is 282 g/mol. The lowest BCUT2D eigenvalue weighted by molar-refractivity contribution is 0.108. The number of hydrogen-bond donors (Lipinski definition) is 1. The van der Waals surface area contributed by atoms with E-state index in [2.05, 4.69) is 21.0 Å². The van der Waals surface area contributed by atoms with Crippen LogP contribution in [0.15, 0.2) is 28.7 Å². The van der Waals surface area contributed by atoms with E-state index < -0.39 is 0 Å². The molecule has 1 aliphatic rings. The summed E-state index contributed by atoms with van der Waals surface area (Å²) >= 11 is 3.41. The number of nitrogen functional groups attached to an aromatic ring is 1. The Morgan fingerprint density at radius 3 is 2.76 bits per heavy atom. The molecule has 3 rings (SSSR count). The lowest BCUT2D eigenvalue weighted by Gasteiger charge is -2.10. The Morgan fingerprint density at radius 2 is 2.06 bits per heavy atom. The van der Waals surface area contributed by atoms with Crippen molar-refractivity contribution in [1.29, 1.82) is 0 Å². The number of hydrogen-bond acceptors (Lipinski definition) is 3. The molecule has 0 atom stereocenters. The predicted octanol–water partition coefficient (Wildman–Crippen LogP) is 2.29. The van der Waals surface area contributed by atoms with E-state index in [1.807, 2.05) is 24.3 Å². The zero-order valence-corrected chi connectivity index (χ0v) is 10.8. The van der Waals surface area contributed by atoms with Gasteiger partial charge in [-0.1, -0.05) is 15.9 Å². The molecule has 0 fully saturated rings. The van der Waals surface area contributed by atoms with Crippen molar-refractivity contribution in [3.05, 3.63) is 40.0 Å². The third-order valence-corrected chi connectivity index (χ3v) is 3.44. The molecule has 2 N–H and O–H groups in total. The van der Waals surface area contributed by atoms with Crippen LogP contribution in [0.25, 0.3) is 5.69 Å². The summed E-state index contributed by atoms with van der Waals surface area (Å²) in [5.41, 5.74) is 9.18. The number of halogens is 1. The molecule has 0 saturated heterocycles. The number of aromatic nitrogens is 2. The highest BCUT2D eigenvalue weighted by atomic mass is 79.9. The van der Waals surface area contributed by atoms with Crippen LogP contribution in [0.2, 0.25) is 0 Å². The minimum absolute atomic E-state index is 0.559. The van der Waals surface area contributed by atoms with Crippen LogP contribution in [0.4, 0.5) is 5.82 Å². The molecule has 2 aromatic rings. The summed E-state index contributed by atoms with van der Waals surface area (Å²) in [4.78, 5) is 0. The van der Waals surface area contributed by atoms with Crippen molar-refractivity contribution in [2.24, 2.45) is 0 Å². The summed E-state index contributed by atoms with van der Waals surface area (Å²) < 4.78 is 8.21. The number of nitrogens with zero attached hydrogens (tertiary/aromatic N) is 2. The molecule has 1 aromatic heterocycles. The van der Waals surface area contributed by atoms with E-state index in [4.69, 9.17) is 10.5 Å². The fourth-order valence-electron chi connectivity index (χ4n) is 2.02. The molecule has 17 heavy (non-hydrogen) atoms. The van der Waals surface area contributed by atoms with E-state index >= 15 is 0 Å². The van der Waals surface area contributed by atoms with Crippen LogP contribution >= 0.6 is 15.9 Å². The Bertz CT molecular complexity index is 548. The average Bonchev–Trinajstić information content (AvgIpc) is 2.69. The minimum Gasteiger partial charge on any atom is -0.383 e. The maximum Gasteiger partial charge on any atom is 0.130 e. The van der Waals surface area contributed by atoms with Crippen LogP contribution in [0.1, 0.15) is 11.3 Å². The highest BCUT2D eigenvalue weighted by Gasteiger charge is 2.19. The summed E-state index contributed by atoms with van der Waals surface area (Å²) in [7, 11) is 0. The number of fused-ring (bicyclic) bond motifs is 1. The first-order valence-electron chi connectivity index (χ1n) is 5.45. The van der Waals surface area contributed by atoms with Crippen molar-refractivity contribution in [3.8, 4) is 5.69 Å². The first-order chi connectivity index (χ1) is 8.25. The van der Waals surface area contributed by atoms with Crippen LogP contribution in [0, 0.1) is 0 Å². The molecule has 0 radical (unpaired) electrons. The zero-order valence-electron chi connectivity index (χ0n) is 9.19. The Balaban J connectivity index is 2.09. The molecule has 0 bridgehead atoms. The van der Waals surface area contributed by atoms with Gasteiger partial charge in [0.2, 0.25) is 0 Å². The topological polar surface area (TPSA) is 53.1 Å². The second-order valence-electron chi connectivity index (χ2n) is 4.00. The molecule has 0 aliphatic carbocycles. The normalized spacial score (nSPS) is 14.6. The van der Waals surface area contributed by atoms with E-state index in [1.165, 1.54) is 0 Å². The third kappa shape index (κ3) is 1.85. The van der Waals surface area contributed by atoms with Gasteiger partial charge in [0.1, 0.15) is 5.82 Å². The maximum absolute atomic E-state index is 6.13. The van der Waals surface area contributed by atoms with Crippen molar-refractivity contribution < 1.29 is 4.74 Å². The van der Waals surface area contributed by atoms with Gasteiger partial charge in [-0.15, -0.1) is 0 Å². The summed E-state index contributed by atoms with van der Waals surface area (Å²) in [6.45, 7) is 1.28. The minimum atomic E-state index is 0.559. The van der Waals surface area contributed by atoms with Gasteiger partial charge < -0.3 is 10.5 Å². The van der Waals surface area contributed by atoms with Gasteiger partial charge >= 0.3 is 0 Å². The smallest absolute Gasteiger partial charge is 0.130 e. The number of ether oxygens (including phenoxy) is 1. The summed E-state index contributed by atoms with van der Waals surface area (Å²) in [6, 6.07) is 7.93. The predicted molar refractivity (Wildman–Crippen MR) is 69.0 cm³/mol. The zero-order chi connectivity index (χ0) is 11.8. The number of anilines is 1. The molecule has 4 nitrogen and oxygen atoms in total. The standard InChI is InChI=1S/C12H12BrN3O/c13-8-1-3-9(4-2-8)16-12(14)10-5-6-17-7-11(10)15-16/h1-4H,5-7,14H2. The Kier molecular flexibility index (Phi) is 2.64. The second-order valence-corrected chi connectivity index (χ2v) is 4.92. The largest absolute Gasteiger partial charge is 0.383 e. The molecule has 0 spiro atoms. The van der Waals surface area contributed by atoms with Gasteiger partial charge in [-0.3, -0.25) is 0 Å². The van der Waals surface area contributed by atoms with Crippen LogP contribution in [-0.2, 0) is 17.8 Å². The molecule has 0 saturated carbocycles. The molecule has 1 aliphatic heterocycles. The molecule has 88 valence electrons. The first kappa shape index (κ1) is 10.8. The van der Waals surface area contributed by atoms with Crippen molar-refractivity contribution in [2.45, 2.75) is 13.0 Å². The Labute approximate surface area is 108 Å². The summed E-state index contributed by atoms with van der Waals surface area (Å²) in [6.07, 6.45) is 0.845. The van der Waals surface area contributed by atoms with Crippen LogP contribution < -0.4 is 5.73 Å². The van der Waals surface area contributed by atoms with Gasteiger partial charge in [0.15, 0.2) is 0 Å². The number of nitrogens with two attached hydrogens (primary N) is 1. The molecular formula is C12H12BrN3O.